The van der Waals surface area contributed by atoms with Crippen LogP contribution in [0.15, 0.2) is 41.4 Å². The van der Waals surface area contributed by atoms with E-state index in [-0.39, 0.29) is 5.41 Å². The minimum absolute atomic E-state index is 0.190. The van der Waals surface area contributed by atoms with Gasteiger partial charge in [-0.2, -0.15) is 11.3 Å². The van der Waals surface area contributed by atoms with E-state index in [2.05, 4.69) is 26.7 Å². The van der Waals surface area contributed by atoms with E-state index in [1.54, 1.807) is 23.7 Å². The second-order valence-electron chi connectivity index (χ2n) is 6.64. The Balaban J connectivity index is 1.51. The van der Waals surface area contributed by atoms with Gasteiger partial charge in [-0.3, -0.25) is 14.7 Å². The number of hydrogen-bond acceptors (Lipinski definition) is 4. The second kappa shape index (κ2) is 6.06. The van der Waals surface area contributed by atoms with Crippen LogP contribution in [0.3, 0.4) is 0 Å². The van der Waals surface area contributed by atoms with E-state index >= 15 is 0 Å². The molecule has 1 spiro atoms. The van der Waals surface area contributed by atoms with Crippen LogP contribution < -0.4 is 4.90 Å². The van der Waals surface area contributed by atoms with Crippen LogP contribution in [0.1, 0.15) is 24.8 Å². The first-order valence-corrected chi connectivity index (χ1v) is 9.17. The molecule has 2 aromatic heterocycles. The van der Waals surface area contributed by atoms with Crippen LogP contribution in [-0.2, 0) is 11.3 Å². The monoisotopic (exact) mass is 327 g/mol. The van der Waals surface area contributed by atoms with E-state index in [1.165, 1.54) is 5.56 Å². The maximum atomic E-state index is 13.1. The van der Waals surface area contributed by atoms with Crippen LogP contribution in [-0.4, -0.2) is 35.4 Å². The van der Waals surface area contributed by atoms with Gasteiger partial charge in [-0.05, 0) is 60.3 Å². The highest BCUT2D eigenvalue weighted by atomic mass is 32.1. The highest BCUT2D eigenvalue weighted by Gasteiger charge is 2.49. The van der Waals surface area contributed by atoms with Crippen LogP contribution in [0.2, 0.25) is 0 Å². The van der Waals surface area contributed by atoms with Crippen molar-refractivity contribution >= 4 is 22.9 Å². The lowest BCUT2D eigenvalue weighted by Gasteiger charge is -2.39. The number of carbonyl (C=O) groups excluding carboxylic acids is 1. The van der Waals surface area contributed by atoms with Crippen molar-refractivity contribution in [2.75, 3.05) is 24.5 Å². The average molecular weight is 327 g/mol. The smallest absolute Gasteiger partial charge is 0.234 e. The van der Waals surface area contributed by atoms with Crippen LogP contribution in [0.4, 0.5) is 5.69 Å². The molecule has 0 radical (unpaired) electrons. The maximum Gasteiger partial charge on any atom is 0.234 e. The fourth-order valence-corrected chi connectivity index (χ4v) is 4.62. The molecule has 2 aromatic rings. The van der Waals surface area contributed by atoms with E-state index in [1.807, 2.05) is 17.0 Å². The van der Waals surface area contributed by atoms with E-state index in [4.69, 9.17) is 0 Å². The van der Waals surface area contributed by atoms with Gasteiger partial charge in [0.1, 0.15) is 0 Å². The molecule has 2 fully saturated rings. The summed E-state index contributed by atoms with van der Waals surface area (Å²) in [6, 6.07) is 6.07. The zero-order valence-corrected chi connectivity index (χ0v) is 14.0. The molecule has 0 N–H and O–H groups in total. The Labute approximate surface area is 140 Å². The molecule has 1 unspecified atom stereocenters. The Morgan fingerprint density at radius 3 is 3.00 bits per heavy atom. The molecule has 2 saturated heterocycles. The molecule has 0 aromatic carbocycles. The first kappa shape index (κ1) is 14.8. The number of pyridine rings is 1. The van der Waals surface area contributed by atoms with Crippen LogP contribution in [0, 0.1) is 5.41 Å². The Kier molecular flexibility index (Phi) is 3.91. The van der Waals surface area contributed by atoms with Crippen molar-refractivity contribution in [2.45, 2.75) is 25.8 Å². The average Bonchev–Trinajstić information content (AvgIpc) is 3.19. The molecule has 2 aliphatic rings. The number of carbonyl (C=O) groups is 1. The summed E-state index contributed by atoms with van der Waals surface area (Å²) in [5.41, 5.74) is 2.11. The van der Waals surface area contributed by atoms with Gasteiger partial charge in [0.15, 0.2) is 0 Å². The molecule has 4 rings (SSSR count). The van der Waals surface area contributed by atoms with Crippen molar-refractivity contribution in [3.63, 3.8) is 0 Å². The minimum atomic E-state index is -0.190. The second-order valence-corrected chi connectivity index (χ2v) is 7.42. The van der Waals surface area contributed by atoms with Gasteiger partial charge >= 0.3 is 0 Å². The molecule has 4 nitrogen and oxygen atoms in total. The van der Waals surface area contributed by atoms with Gasteiger partial charge in [-0.25, -0.2) is 0 Å². The van der Waals surface area contributed by atoms with Crippen LogP contribution in [0.5, 0.6) is 0 Å². The summed E-state index contributed by atoms with van der Waals surface area (Å²) in [6.45, 7) is 3.76. The summed E-state index contributed by atoms with van der Waals surface area (Å²) >= 11 is 1.74. The van der Waals surface area contributed by atoms with Crippen molar-refractivity contribution in [3.8, 4) is 0 Å². The number of hydrogen-bond donors (Lipinski definition) is 0. The molecular formula is C18H21N3OS. The molecule has 0 saturated carbocycles. The Hall–Kier alpha value is -1.72. The van der Waals surface area contributed by atoms with Gasteiger partial charge in [-0.15, -0.1) is 0 Å². The molecule has 120 valence electrons. The van der Waals surface area contributed by atoms with E-state index < -0.39 is 0 Å². The topological polar surface area (TPSA) is 36.4 Å². The van der Waals surface area contributed by atoms with Gasteiger partial charge in [-0.1, -0.05) is 0 Å². The molecule has 2 aliphatic heterocycles. The number of rotatable bonds is 3. The summed E-state index contributed by atoms with van der Waals surface area (Å²) in [6.07, 6.45) is 6.63. The lowest BCUT2D eigenvalue weighted by atomic mass is 9.78. The predicted octanol–water partition coefficient (Wildman–Crippen LogP) is 3.16. The SMILES string of the molecule is O=C1N(c2cccnc2)CCC12CCCN(Cc1ccsc1)C2. The Morgan fingerprint density at radius 1 is 1.26 bits per heavy atom. The highest BCUT2D eigenvalue weighted by molar-refractivity contribution is 7.07. The zero-order valence-electron chi connectivity index (χ0n) is 13.1. The van der Waals surface area contributed by atoms with E-state index in [9.17, 15) is 4.79 Å². The summed E-state index contributed by atoms with van der Waals surface area (Å²) in [4.78, 5) is 21.6. The number of nitrogens with zero attached hydrogens (tertiary/aromatic N) is 3. The Bertz CT molecular complexity index is 673. The van der Waals surface area contributed by atoms with Gasteiger partial charge in [0, 0.05) is 25.8 Å². The molecule has 0 bridgehead atoms. The Morgan fingerprint density at radius 2 is 2.22 bits per heavy atom. The highest BCUT2D eigenvalue weighted by Crippen LogP contribution is 2.42. The third kappa shape index (κ3) is 2.79. The fourth-order valence-electron chi connectivity index (χ4n) is 3.96. The van der Waals surface area contributed by atoms with E-state index in [0.717, 1.165) is 51.1 Å². The zero-order chi connectivity index (χ0) is 15.7. The number of aromatic nitrogens is 1. The van der Waals surface area contributed by atoms with Gasteiger partial charge < -0.3 is 4.90 Å². The quantitative estimate of drug-likeness (QED) is 0.869. The maximum absolute atomic E-state index is 13.1. The minimum Gasteiger partial charge on any atom is -0.310 e. The first-order chi connectivity index (χ1) is 11.3. The summed E-state index contributed by atoms with van der Waals surface area (Å²) < 4.78 is 0. The molecule has 23 heavy (non-hydrogen) atoms. The molecular weight excluding hydrogens is 306 g/mol. The lowest BCUT2D eigenvalue weighted by molar-refractivity contribution is -0.128. The number of amides is 1. The standard InChI is InChI=1S/C18H21N3OS/c22-17-18(6-9-21(17)16-3-1-7-19-11-16)5-2-8-20(14-18)12-15-4-10-23-13-15/h1,3-4,7,10-11,13H,2,5-6,8-9,12,14H2. The normalized spacial score (nSPS) is 25.4. The largest absolute Gasteiger partial charge is 0.310 e. The lowest BCUT2D eigenvalue weighted by Crippen LogP contribution is -2.47. The molecule has 4 heterocycles. The fraction of sp³-hybridized carbons (Fsp3) is 0.444. The summed E-state index contributed by atoms with van der Waals surface area (Å²) in [7, 11) is 0. The van der Waals surface area contributed by atoms with Crippen molar-refractivity contribution in [3.05, 3.63) is 46.9 Å². The van der Waals surface area contributed by atoms with Gasteiger partial charge in [0.05, 0.1) is 17.3 Å². The molecule has 0 aliphatic carbocycles. The number of piperidine rings is 1. The first-order valence-electron chi connectivity index (χ1n) is 8.22. The third-order valence-electron chi connectivity index (χ3n) is 5.11. The van der Waals surface area contributed by atoms with Crippen molar-refractivity contribution in [1.82, 2.24) is 9.88 Å². The van der Waals surface area contributed by atoms with Gasteiger partial charge in [0.25, 0.3) is 0 Å². The number of anilines is 1. The number of thiophene rings is 1. The van der Waals surface area contributed by atoms with E-state index in [0.29, 0.717) is 5.91 Å². The molecule has 5 heteroatoms. The van der Waals surface area contributed by atoms with Crippen LogP contribution >= 0.6 is 11.3 Å². The summed E-state index contributed by atoms with van der Waals surface area (Å²) in [5, 5.41) is 4.33. The molecule has 1 amide bonds. The predicted molar refractivity (Wildman–Crippen MR) is 92.5 cm³/mol. The van der Waals surface area contributed by atoms with Crippen LogP contribution in [0.25, 0.3) is 0 Å². The van der Waals surface area contributed by atoms with Crippen molar-refractivity contribution in [1.29, 1.82) is 0 Å². The third-order valence-corrected chi connectivity index (χ3v) is 5.84. The van der Waals surface area contributed by atoms with Crippen molar-refractivity contribution < 1.29 is 4.79 Å². The number of likely N-dealkylation sites (tertiary alicyclic amines) is 1. The molecule has 1 atom stereocenters. The van der Waals surface area contributed by atoms with Crippen molar-refractivity contribution in [2.24, 2.45) is 5.41 Å². The van der Waals surface area contributed by atoms with Gasteiger partial charge in [0.2, 0.25) is 5.91 Å². The summed E-state index contributed by atoms with van der Waals surface area (Å²) in [5.74, 6) is 0.292.